The van der Waals surface area contributed by atoms with E-state index in [4.69, 9.17) is 15.4 Å². The van der Waals surface area contributed by atoms with Gasteiger partial charge in [0, 0.05) is 35.4 Å². The Morgan fingerprint density at radius 1 is 1.47 bits per heavy atom. The molecule has 2 rings (SSSR count). The van der Waals surface area contributed by atoms with Crippen LogP contribution in [0, 0.1) is 0 Å². The van der Waals surface area contributed by atoms with Gasteiger partial charge in [0.25, 0.3) is 0 Å². The summed E-state index contributed by atoms with van der Waals surface area (Å²) in [6.45, 7) is 0.0649. The molecule has 1 saturated heterocycles. The number of carbonyl (C=O) groups is 1. The van der Waals surface area contributed by atoms with Gasteiger partial charge in [0.15, 0.2) is 0 Å². The smallest absolute Gasteiger partial charge is 0.237 e. The van der Waals surface area contributed by atoms with Crippen molar-refractivity contribution in [1.29, 1.82) is 0 Å². The van der Waals surface area contributed by atoms with Gasteiger partial charge in [-0.15, -0.1) is 0 Å². The number of carbonyl (C=O) groups excluding carboxylic acids is 1. The van der Waals surface area contributed by atoms with Crippen molar-refractivity contribution in [2.24, 2.45) is 0 Å². The molecule has 8 heteroatoms. The zero-order valence-electron chi connectivity index (χ0n) is 9.97. The Bertz CT molecular complexity index is 619. The van der Waals surface area contributed by atoms with Gasteiger partial charge in [0.05, 0.1) is 11.6 Å². The van der Waals surface area contributed by atoms with Crippen LogP contribution in [0.5, 0.6) is 5.75 Å². The zero-order chi connectivity index (χ0) is 14.2. The fraction of sp³-hybridized carbons (Fsp3) is 0.364. The normalized spacial score (nSPS) is 19.8. The highest BCUT2D eigenvalue weighted by molar-refractivity contribution is 9.10. The van der Waals surface area contributed by atoms with Crippen LogP contribution in [0.25, 0.3) is 0 Å². The van der Waals surface area contributed by atoms with Gasteiger partial charge in [0.1, 0.15) is 11.0 Å². The van der Waals surface area contributed by atoms with Crippen molar-refractivity contribution in [2.45, 2.75) is 11.7 Å². The first-order chi connectivity index (χ1) is 8.82. The monoisotopic (exact) mass is 367 g/mol. The zero-order valence-corrected chi connectivity index (χ0v) is 13.1. The quantitative estimate of drug-likeness (QED) is 0.767. The fourth-order valence-electron chi connectivity index (χ4n) is 1.93. The Labute approximate surface area is 124 Å². The van der Waals surface area contributed by atoms with Gasteiger partial charge in [-0.2, -0.15) is 0 Å². The van der Waals surface area contributed by atoms with E-state index >= 15 is 0 Å². The summed E-state index contributed by atoms with van der Waals surface area (Å²) in [4.78, 5) is 13.3. The third kappa shape index (κ3) is 3.04. The van der Waals surface area contributed by atoms with Gasteiger partial charge in [-0.1, -0.05) is 0 Å². The van der Waals surface area contributed by atoms with Crippen LogP contribution in [-0.4, -0.2) is 33.2 Å². The number of anilines is 1. The van der Waals surface area contributed by atoms with Crippen molar-refractivity contribution in [1.82, 2.24) is 0 Å². The van der Waals surface area contributed by atoms with Gasteiger partial charge in [-0.25, -0.2) is 8.42 Å². The lowest BCUT2D eigenvalue weighted by Crippen LogP contribution is -2.26. The molecular formula is C11H11BrClNO4S. The molecule has 0 saturated carbocycles. The summed E-state index contributed by atoms with van der Waals surface area (Å²) in [5, 5.41) is -0.865. The van der Waals surface area contributed by atoms with Crippen LogP contribution in [0.3, 0.4) is 0 Å². The van der Waals surface area contributed by atoms with Gasteiger partial charge >= 0.3 is 0 Å². The maximum Gasteiger partial charge on any atom is 0.237 e. The number of hydrogen-bond donors (Lipinski definition) is 0. The van der Waals surface area contributed by atoms with E-state index in [0.29, 0.717) is 11.4 Å². The first-order valence-electron chi connectivity index (χ1n) is 5.40. The molecule has 1 heterocycles. The second kappa shape index (κ2) is 5.30. The number of rotatable bonds is 3. The molecule has 0 N–H and O–H groups in total. The molecule has 1 aromatic rings. The molecule has 104 valence electrons. The van der Waals surface area contributed by atoms with Crippen molar-refractivity contribution in [3.05, 3.63) is 22.7 Å². The third-order valence-electron chi connectivity index (χ3n) is 2.93. The number of ether oxygens (including phenoxy) is 1. The van der Waals surface area contributed by atoms with Crippen LogP contribution >= 0.6 is 26.6 Å². The second-order valence-electron chi connectivity index (χ2n) is 4.12. The molecular weight excluding hydrogens is 358 g/mol. The standard InChI is InChI=1S/C11H11BrClNO4S/c1-18-10-4-7(2-3-9(10)12)14-6-8(5-11(14)15)19(13,16)17/h2-4,8H,5-6H2,1H3. The first kappa shape index (κ1) is 14.6. The average Bonchev–Trinajstić information content (AvgIpc) is 2.72. The van der Waals surface area contributed by atoms with Crippen LogP contribution in [0.2, 0.25) is 0 Å². The highest BCUT2D eigenvalue weighted by Gasteiger charge is 2.38. The summed E-state index contributed by atoms with van der Waals surface area (Å²) in [5.41, 5.74) is 0.591. The summed E-state index contributed by atoms with van der Waals surface area (Å²) in [7, 11) is 3.09. The Morgan fingerprint density at radius 3 is 2.68 bits per heavy atom. The SMILES string of the molecule is COc1cc(N2CC(S(=O)(=O)Cl)CC2=O)ccc1Br. The van der Waals surface area contributed by atoms with E-state index in [1.165, 1.54) is 12.0 Å². The number of hydrogen-bond acceptors (Lipinski definition) is 4. The minimum Gasteiger partial charge on any atom is -0.495 e. The predicted molar refractivity (Wildman–Crippen MR) is 76.2 cm³/mol. The second-order valence-corrected chi connectivity index (χ2v) is 7.89. The van der Waals surface area contributed by atoms with Crippen molar-refractivity contribution in [3.63, 3.8) is 0 Å². The van der Waals surface area contributed by atoms with Crippen LogP contribution < -0.4 is 9.64 Å². The number of nitrogens with zero attached hydrogens (tertiary/aromatic N) is 1. The van der Waals surface area contributed by atoms with Crippen LogP contribution in [0.15, 0.2) is 22.7 Å². The molecule has 1 unspecified atom stereocenters. The molecule has 1 aromatic carbocycles. The van der Waals surface area contributed by atoms with Gasteiger partial charge < -0.3 is 9.64 Å². The summed E-state index contributed by atoms with van der Waals surface area (Å²) in [6, 6.07) is 5.13. The first-order valence-corrected chi connectivity index (χ1v) is 8.57. The lowest BCUT2D eigenvalue weighted by Gasteiger charge is -2.17. The molecule has 0 bridgehead atoms. The molecule has 0 spiro atoms. The van der Waals surface area contributed by atoms with Crippen LogP contribution in [-0.2, 0) is 13.8 Å². The maximum atomic E-state index is 11.9. The number of methoxy groups -OCH3 is 1. The van der Waals surface area contributed by atoms with Gasteiger partial charge in [0.2, 0.25) is 15.0 Å². The predicted octanol–water partition coefficient (Wildman–Crippen LogP) is 2.13. The van der Waals surface area contributed by atoms with Gasteiger partial charge in [-0.05, 0) is 28.1 Å². The Morgan fingerprint density at radius 2 is 2.16 bits per heavy atom. The van der Waals surface area contributed by atoms with E-state index < -0.39 is 14.3 Å². The number of halogens is 2. The van der Waals surface area contributed by atoms with Crippen molar-refractivity contribution >= 4 is 47.3 Å². The summed E-state index contributed by atoms with van der Waals surface area (Å²) >= 11 is 3.31. The summed E-state index contributed by atoms with van der Waals surface area (Å²) in [5.74, 6) is 0.307. The minimum atomic E-state index is -3.73. The van der Waals surface area contributed by atoms with E-state index in [-0.39, 0.29) is 18.9 Å². The van der Waals surface area contributed by atoms with E-state index in [9.17, 15) is 13.2 Å². The molecule has 1 atom stereocenters. The minimum absolute atomic E-state index is 0.0649. The molecule has 19 heavy (non-hydrogen) atoms. The molecule has 0 aromatic heterocycles. The molecule has 5 nitrogen and oxygen atoms in total. The van der Waals surface area contributed by atoms with E-state index in [0.717, 1.165) is 4.47 Å². The van der Waals surface area contributed by atoms with Crippen LogP contribution in [0.1, 0.15) is 6.42 Å². The molecule has 1 aliphatic rings. The van der Waals surface area contributed by atoms with Crippen LogP contribution in [0.4, 0.5) is 5.69 Å². The lowest BCUT2D eigenvalue weighted by atomic mass is 10.3. The molecule has 0 radical (unpaired) electrons. The van der Waals surface area contributed by atoms with Crippen molar-refractivity contribution < 1.29 is 17.9 Å². The topological polar surface area (TPSA) is 63.7 Å². The van der Waals surface area contributed by atoms with E-state index in [1.54, 1.807) is 18.2 Å². The maximum absolute atomic E-state index is 11.9. The Hall–Kier alpha value is -0.790. The molecule has 1 aliphatic heterocycles. The summed E-state index contributed by atoms with van der Waals surface area (Å²) < 4.78 is 28.5. The lowest BCUT2D eigenvalue weighted by molar-refractivity contribution is -0.117. The van der Waals surface area contributed by atoms with Gasteiger partial charge in [-0.3, -0.25) is 4.79 Å². The largest absolute Gasteiger partial charge is 0.495 e. The Balaban J connectivity index is 2.31. The van der Waals surface area contributed by atoms with Crippen molar-refractivity contribution in [3.8, 4) is 5.75 Å². The highest BCUT2D eigenvalue weighted by atomic mass is 79.9. The fourth-order valence-corrected chi connectivity index (χ4v) is 3.36. The molecule has 0 aliphatic carbocycles. The number of amides is 1. The molecule has 1 fully saturated rings. The number of benzene rings is 1. The summed E-state index contributed by atoms with van der Waals surface area (Å²) in [6.07, 6.45) is -0.0930. The third-order valence-corrected chi connectivity index (χ3v) is 5.46. The highest BCUT2D eigenvalue weighted by Crippen LogP contribution is 2.33. The Kier molecular flexibility index (Phi) is 4.08. The average molecular weight is 369 g/mol. The molecule has 1 amide bonds. The van der Waals surface area contributed by atoms with E-state index in [2.05, 4.69) is 15.9 Å². The van der Waals surface area contributed by atoms with Crippen molar-refractivity contribution in [2.75, 3.05) is 18.6 Å². The van der Waals surface area contributed by atoms with E-state index in [1.807, 2.05) is 0 Å².